The van der Waals surface area contributed by atoms with Crippen LogP contribution in [0.1, 0.15) is 11.1 Å². The van der Waals surface area contributed by atoms with E-state index in [0.717, 1.165) is 15.6 Å². The SMILES string of the molecule is CS(=O)(=O)C1=CCc2cc(Br)ccc21. The van der Waals surface area contributed by atoms with Crippen LogP contribution < -0.4 is 0 Å². The van der Waals surface area contributed by atoms with E-state index in [0.29, 0.717) is 11.3 Å². The first-order valence-corrected chi connectivity index (χ1v) is 6.86. The number of allylic oxidation sites excluding steroid dienone is 1. The summed E-state index contributed by atoms with van der Waals surface area (Å²) in [4.78, 5) is 0.458. The van der Waals surface area contributed by atoms with Crippen molar-refractivity contribution < 1.29 is 8.42 Å². The van der Waals surface area contributed by atoms with Gasteiger partial charge in [0.15, 0.2) is 9.84 Å². The number of hydrogen-bond acceptors (Lipinski definition) is 2. The summed E-state index contributed by atoms with van der Waals surface area (Å²) in [6, 6.07) is 5.67. The average molecular weight is 273 g/mol. The van der Waals surface area contributed by atoms with Gasteiger partial charge in [-0.05, 0) is 29.7 Å². The highest BCUT2D eigenvalue weighted by atomic mass is 79.9. The van der Waals surface area contributed by atoms with Gasteiger partial charge in [0, 0.05) is 10.7 Å². The Bertz CT molecular complexity index is 515. The maximum Gasteiger partial charge on any atom is 0.175 e. The Morgan fingerprint density at radius 1 is 1.36 bits per heavy atom. The van der Waals surface area contributed by atoms with Crippen LogP contribution >= 0.6 is 15.9 Å². The number of fused-ring (bicyclic) bond motifs is 1. The standard InChI is InChI=1S/C10H9BrO2S/c1-14(12,13)10-5-2-7-6-8(11)3-4-9(7)10/h3-6H,2H2,1H3. The molecule has 2 nitrogen and oxygen atoms in total. The third-order valence-corrected chi connectivity index (χ3v) is 3.92. The van der Waals surface area contributed by atoms with E-state index in [-0.39, 0.29) is 0 Å². The minimum Gasteiger partial charge on any atom is -0.224 e. The molecule has 0 saturated heterocycles. The van der Waals surface area contributed by atoms with E-state index in [1.54, 1.807) is 6.08 Å². The zero-order chi connectivity index (χ0) is 10.3. The molecule has 0 bridgehead atoms. The summed E-state index contributed by atoms with van der Waals surface area (Å²) >= 11 is 3.36. The normalized spacial score (nSPS) is 15.1. The van der Waals surface area contributed by atoms with Crippen molar-refractivity contribution in [2.45, 2.75) is 6.42 Å². The third-order valence-electron chi connectivity index (χ3n) is 2.24. The average Bonchev–Trinajstić information content (AvgIpc) is 2.45. The van der Waals surface area contributed by atoms with Gasteiger partial charge < -0.3 is 0 Å². The maximum absolute atomic E-state index is 11.4. The summed E-state index contributed by atoms with van der Waals surface area (Å²) in [5.74, 6) is 0. The third kappa shape index (κ3) is 1.64. The Labute approximate surface area is 91.7 Å². The molecular weight excluding hydrogens is 264 g/mol. The molecule has 0 saturated carbocycles. The van der Waals surface area contributed by atoms with Crippen molar-refractivity contribution in [3.05, 3.63) is 39.9 Å². The van der Waals surface area contributed by atoms with Gasteiger partial charge in [0.2, 0.25) is 0 Å². The second-order valence-electron chi connectivity index (χ2n) is 3.35. The Kier molecular flexibility index (Phi) is 2.27. The van der Waals surface area contributed by atoms with Gasteiger partial charge in [0.25, 0.3) is 0 Å². The van der Waals surface area contributed by atoms with Gasteiger partial charge in [-0.3, -0.25) is 0 Å². The maximum atomic E-state index is 11.4. The molecule has 0 atom stereocenters. The summed E-state index contributed by atoms with van der Waals surface area (Å²) in [5.41, 5.74) is 1.91. The number of sulfone groups is 1. The van der Waals surface area contributed by atoms with E-state index in [9.17, 15) is 8.42 Å². The van der Waals surface area contributed by atoms with Crippen LogP contribution in [-0.2, 0) is 16.3 Å². The van der Waals surface area contributed by atoms with Crippen LogP contribution in [0.15, 0.2) is 28.7 Å². The van der Waals surface area contributed by atoms with Gasteiger partial charge in [-0.1, -0.05) is 28.1 Å². The zero-order valence-electron chi connectivity index (χ0n) is 7.62. The van der Waals surface area contributed by atoms with E-state index in [1.165, 1.54) is 6.26 Å². The van der Waals surface area contributed by atoms with Crippen molar-refractivity contribution in [1.82, 2.24) is 0 Å². The quantitative estimate of drug-likeness (QED) is 0.787. The molecule has 0 aliphatic heterocycles. The van der Waals surface area contributed by atoms with E-state index < -0.39 is 9.84 Å². The summed E-state index contributed by atoms with van der Waals surface area (Å²) in [6.45, 7) is 0. The zero-order valence-corrected chi connectivity index (χ0v) is 10.0. The monoisotopic (exact) mass is 272 g/mol. The summed E-state index contributed by atoms with van der Waals surface area (Å²) < 4.78 is 23.8. The van der Waals surface area contributed by atoms with Gasteiger partial charge in [-0.15, -0.1) is 0 Å². The van der Waals surface area contributed by atoms with Gasteiger partial charge >= 0.3 is 0 Å². The van der Waals surface area contributed by atoms with Gasteiger partial charge in [0.1, 0.15) is 0 Å². The lowest BCUT2D eigenvalue weighted by molar-refractivity contribution is 0.611. The fourth-order valence-corrected chi connectivity index (χ4v) is 3.03. The Balaban J connectivity index is 2.59. The van der Waals surface area contributed by atoms with E-state index in [4.69, 9.17) is 0 Å². The van der Waals surface area contributed by atoms with Crippen LogP contribution in [0.5, 0.6) is 0 Å². The van der Waals surface area contributed by atoms with Gasteiger partial charge in [-0.25, -0.2) is 8.42 Å². The van der Waals surface area contributed by atoms with Crippen LogP contribution in [-0.4, -0.2) is 14.7 Å². The van der Waals surface area contributed by atoms with E-state index >= 15 is 0 Å². The van der Waals surface area contributed by atoms with E-state index in [2.05, 4.69) is 15.9 Å². The number of benzene rings is 1. The lowest BCUT2D eigenvalue weighted by atomic mass is 10.1. The highest BCUT2D eigenvalue weighted by molar-refractivity contribution is 9.10. The molecule has 1 aromatic carbocycles. The van der Waals surface area contributed by atoms with Crippen LogP contribution in [0.25, 0.3) is 4.91 Å². The predicted molar refractivity (Wildman–Crippen MR) is 60.7 cm³/mol. The summed E-state index contributed by atoms with van der Waals surface area (Å²) in [5, 5.41) is 0. The Morgan fingerprint density at radius 2 is 2.07 bits per heavy atom. The van der Waals surface area contributed by atoms with E-state index in [1.807, 2.05) is 18.2 Å². The molecule has 74 valence electrons. The second kappa shape index (κ2) is 3.21. The predicted octanol–water partition coefficient (Wildman–Crippen LogP) is 2.39. The molecule has 0 amide bonds. The van der Waals surface area contributed by atoms with Crippen molar-refractivity contribution in [1.29, 1.82) is 0 Å². The molecule has 0 aromatic heterocycles. The molecule has 2 rings (SSSR count). The molecule has 14 heavy (non-hydrogen) atoms. The van der Waals surface area contributed by atoms with Crippen molar-refractivity contribution in [2.75, 3.05) is 6.26 Å². The smallest absolute Gasteiger partial charge is 0.175 e. The lowest BCUT2D eigenvalue weighted by Gasteiger charge is -2.03. The molecule has 0 fully saturated rings. The van der Waals surface area contributed by atoms with Crippen LogP contribution in [0.3, 0.4) is 0 Å². The first-order chi connectivity index (χ1) is 6.48. The molecule has 0 N–H and O–H groups in total. The molecule has 1 aliphatic carbocycles. The topological polar surface area (TPSA) is 34.1 Å². The minimum atomic E-state index is -3.08. The first-order valence-electron chi connectivity index (χ1n) is 4.17. The van der Waals surface area contributed by atoms with Crippen molar-refractivity contribution in [3.63, 3.8) is 0 Å². The van der Waals surface area contributed by atoms with Crippen molar-refractivity contribution >= 4 is 30.7 Å². The van der Waals surface area contributed by atoms with Gasteiger partial charge in [-0.2, -0.15) is 0 Å². The summed E-state index contributed by atoms with van der Waals surface area (Å²) in [6.07, 6.45) is 3.72. The molecule has 1 aromatic rings. The Hall–Kier alpha value is -0.610. The number of hydrogen-bond donors (Lipinski definition) is 0. The lowest BCUT2D eigenvalue weighted by Crippen LogP contribution is -1.98. The largest absolute Gasteiger partial charge is 0.224 e. The highest BCUT2D eigenvalue weighted by Gasteiger charge is 2.21. The van der Waals surface area contributed by atoms with Crippen molar-refractivity contribution in [2.24, 2.45) is 0 Å². The van der Waals surface area contributed by atoms with Crippen LogP contribution in [0.4, 0.5) is 0 Å². The molecular formula is C10H9BrO2S. The fourth-order valence-electron chi connectivity index (χ4n) is 1.64. The fraction of sp³-hybridized carbons (Fsp3) is 0.200. The number of rotatable bonds is 1. The molecule has 0 heterocycles. The van der Waals surface area contributed by atoms with Crippen LogP contribution in [0.2, 0.25) is 0 Å². The number of halogens is 1. The highest BCUT2D eigenvalue weighted by Crippen LogP contribution is 2.32. The van der Waals surface area contributed by atoms with Crippen molar-refractivity contribution in [3.8, 4) is 0 Å². The molecule has 4 heteroatoms. The first kappa shape index (κ1) is 9.93. The second-order valence-corrected chi connectivity index (χ2v) is 6.25. The Morgan fingerprint density at radius 3 is 2.71 bits per heavy atom. The van der Waals surface area contributed by atoms with Crippen LogP contribution in [0, 0.1) is 0 Å². The van der Waals surface area contributed by atoms with Gasteiger partial charge in [0.05, 0.1) is 4.91 Å². The molecule has 0 unspecified atom stereocenters. The molecule has 0 spiro atoms. The minimum absolute atomic E-state index is 0.458. The molecule has 1 aliphatic rings. The molecule has 0 radical (unpaired) electrons. The summed E-state index contributed by atoms with van der Waals surface area (Å²) in [7, 11) is -3.08.